The summed E-state index contributed by atoms with van der Waals surface area (Å²) < 4.78 is 10.9. The van der Waals surface area contributed by atoms with Crippen molar-refractivity contribution in [1.82, 2.24) is 9.88 Å². The lowest BCUT2D eigenvalue weighted by atomic mass is 9.87. The number of aromatic nitrogens is 1. The van der Waals surface area contributed by atoms with Crippen LogP contribution in [-0.2, 0) is 10.3 Å². The van der Waals surface area contributed by atoms with Crippen molar-refractivity contribution in [2.24, 2.45) is 0 Å². The van der Waals surface area contributed by atoms with Crippen molar-refractivity contribution >= 4 is 6.09 Å². The van der Waals surface area contributed by atoms with Crippen LogP contribution in [0.3, 0.4) is 0 Å². The van der Waals surface area contributed by atoms with E-state index in [0.29, 0.717) is 11.3 Å². The van der Waals surface area contributed by atoms with Crippen LogP contribution in [0.4, 0.5) is 4.79 Å². The van der Waals surface area contributed by atoms with Gasteiger partial charge in [-0.2, -0.15) is 0 Å². The van der Waals surface area contributed by atoms with Gasteiger partial charge in [0.25, 0.3) is 0 Å². The number of rotatable bonds is 3. The Labute approximate surface area is 131 Å². The molecule has 6 heteroatoms. The molecule has 0 spiro atoms. The van der Waals surface area contributed by atoms with Gasteiger partial charge in [0, 0.05) is 11.8 Å². The fourth-order valence-corrected chi connectivity index (χ4v) is 2.23. The average Bonchev–Trinajstić information content (AvgIpc) is 2.32. The van der Waals surface area contributed by atoms with Gasteiger partial charge in [0.1, 0.15) is 17.0 Å². The fourth-order valence-electron chi connectivity index (χ4n) is 2.23. The molecule has 0 saturated carbocycles. The number of ether oxygens (including phenoxy) is 2. The highest BCUT2D eigenvalue weighted by atomic mass is 16.6. The van der Waals surface area contributed by atoms with E-state index in [0.717, 1.165) is 0 Å². The quantitative estimate of drug-likeness (QED) is 0.927. The minimum absolute atomic E-state index is 0.0337. The summed E-state index contributed by atoms with van der Waals surface area (Å²) in [5, 5.41) is 10.6. The zero-order valence-corrected chi connectivity index (χ0v) is 13.8. The maximum Gasteiger partial charge on any atom is 0.410 e. The van der Waals surface area contributed by atoms with Gasteiger partial charge in [-0.05, 0) is 40.7 Å². The third-order valence-electron chi connectivity index (χ3n) is 3.18. The Bertz CT molecular complexity index is 545. The molecule has 2 rings (SSSR count). The summed E-state index contributed by atoms with van der Waals surface area (Å²) in [4.78, 5) is 17.5. The Morgan fingerprint density at radius 2 is 2.00 bits per heavy atom. The lowest BCUT2D eigenvalue weighted by Gasteiger charge is -2.46. The fraction of sp³-hybridized carbons (Fsp3) is 0.625. The summed E-state index contributed by atoms with van der Waals surface area (Å²) in [6, 6.07) is 1.76. The van der Waals surface area contributed by atoms with Gasteiger partial charge in [0.15, 0.2) is 0 Å². The van der Waals surface area contributed by atoms with Gasteiger partial charge in [-0.3, -0.25) is 4.98 Å². The molecule has 2 heterocycles. The SMILES string of the molecule is CC(C)Oc1cncc(C2(O)CN(C(=O)OC(C)(C)C)C2)c1. The number of β-amino-alcohol motifs (C(OH)–C–C–N with tert-alkyl or cyclic N) is 1. The molecule has 1 aromatic heterocycles. The third kappa shape index (κ3) is 3.88. The van der Waals surface area contributed by atoms with Gasteiger partial charge in [0.2, 0.25) is 0 Å². The number of nitrogens with zero attached hydrogens (tertiary/aromatic N) is 2. The number of hydrogen-bond donors (Lipinski definition) is 1. The molecule has 0 unspecified atom stereocenters. The molecule has 1 N–H and O–H groups in total. The predicted octanol–water partition coefficient (Wildman–Crippen LogP) is 2.31. The van der Waals surface area contributed by atoms with Crippen LogP contribution in [0.2, 0.25) is 0 Å². The molecule has 1 amide bonds. The summed E-state index contributed by atoms with van der Waals surface area (Å²) in [5.74, 6) is 0.608. The molecule has 0 atom stereocenters. The number of hydrogen-bond acceptors (Lipinski definition) is 5. The maximum atomic E-state index is 11.9. The van der Waals surface area contributed by atoms with Crippen LogP contribution < -0.4 is 4.74 Å². The molecule has 1 aliphatic rings. The number of carbonyl (C=O) groups is 1. The highest BCUT2D eigenvalue weighted by Crippen LogP contribution is 2.34. The molecule has 1 saturated heterocycles. The normalized spacial score (nSPS) is 17.1. The van der Waals surface area contributed by atoms with Crippen molar-refractivity contribution in [2.45, 2.75) is 51.9 Å². The number of aliphatic hydroxyl groups is 1. The molecule has 1 aliphatic heterocycles. The molecule has 6 nitrogen and oxygen atoms in total. The van der Waals surface area contributed by atoms with Crippen molar-refractivity contribution in [2.75, 3.05) is 13.1 Å². The van der Waals surface area contributed by atoms with Crippen molar-refractivity contribution < 1.29 is 19.4 Å². The summed E-state index contributed by atoms with van der Waals surface area (Å²) in [6.45, 7) is 9.67. The first-order chi connectivity index (χ1) is 10.1. The number of carbonyl (C=O) groups excluding carboxylic acids is 1. The van der Waals surface area contributed by atoms with Crippen LogP contribution in [0.5, 0.6) is 5.75 Å². The number of pyridine rings is 1. The second-order valence-electron chi connectivity index (χ2n) is 6.94. The largest absolute Gasteiger partial charge is 0.489 e. The van der Waals surface area contributed by atoms with Crippen LogP contribution in [0.25, 0.3) is 0 Å². The Hall–Kier alpha value is -1.82. The second-order valence-corrected chi connectivity index (χ2v) is 6.94. The van der Waals surface area contributed by atoms with E-state index in [2.05, 4.69) is 4.98 Å². The molecule has 0 radical (unpaired) electrons. The van der Waals surface area contributed by atoms with Crippen LogP contribution in [0.15, 0.2) is 18.5 Å². The highest BCUT2D eigenvalue weighted by Gasteiger charge is 2.46. The van der Waals surface area contributed by atoms with E-state index in [1.807, 2.05) is 34.6 Å². The Balaban J connectivity index is 2.02. The lowest BCUT2D eigenvalue weighted by molar-refractivity contribution is -0.103. The van der Waals surface area contributed by atoms with Crippen LogP contribution in [0.1, 0.15) is 40.2 Å². The molecule has 0 bridgehead atoms. The van der Waals surface area contributed by atoms with Crippen LogP contribution in [-0.4, -0.2) is 45.9 Å². The van der Waals surface area contributed by atoms with Gasteiger partial charge in [-0.15, -0.1) is 0 Å². The smallest absolute Gasteiger partial charge is 0.410 e. The number of likely N-dealkylation sites (tertiary alicyclic amines) is 1. The molecule has 0 aromatic carbocycles. The number of amides is 1. The van der Waals surface area contributed by atoms with E-state index in [9.17, 15) is 9.90 Å². The Kier molecular flexibility index (Phi) is 4.33. The summed E-state index contributed by atoms with van der Waals surface area (Å²) >= 11 is 0. The van der Waals surface area contributed by atoms with Gasteiger partial charge in [-0.1, -0.05) is 0 Å². The van der Waals surface area contributed by atoms with Crippen LogP contribution in [0, 0.1) is 0 Å². The third-order valence-corrected chi connectivity index (χ3v) is 3.18. The van der Waals surface area contributed by atoms with E-state index in [-0.39, 0.29) is 19.2 Å². The Morgan fingerprint density at radius 3 is 2.55 bits per heavy atom. The van der Waals surface area contributed by atoms with Crippen LogP contribution >= 0.6 is 0 Å². The summed E-state index contributed by atoms with van der Waals surface area (Å²) in [6.07, 6.45) is 2.82. The van der Waals surface area contributed by atoms with Crippen molar-refractivity contribution in [3.63, 3.8) is 0 Å². The van der Waals surface area contributed by atoms with Crippen molar-refractivity contribution in [1.29, 1.82) is 0 Å². The first kappa shape index (κ1) is 16.5. The maximum absolute atomic E-state index is 11.9. The summed E-state index contributed by atoms with van der Waals surface area (Å²) in [5.41, 5.74) is -0.997. The monoisotopic (exact) mass is 308 g/mol. The van der Waals surface area contributed by atoms with Crippen molar-refractivity contribution in [3.8, 4) is 5.75 Å². The van der Waals surface area contributed by atoms with E-state index in [1.165, 1.54) is 4.90 Å². The minimum atomic E-state index is -1.10. The van der Waals surface area contributed by atoms with Gasteiger partial charge in [0.05, 0.1) is 25.4 Å². The van der Waals surface area contributed by atoms with E-state index in [4.69, 9.17) is 9.47 Å². The molecular weight excluding hydrogens is 284 g/mol. The predicted molar refractivity (Wildman–Crippen MR) is 81.7 cm³/mol. The van der Waals surface area contributed by atoms with Gasteiger partial charge >= 0.3 is 6.09 Å². The molecular formula is C16H24N2O4. The Morgan fingerprint density at radius 1 is 1.36 bits per heavy atom. The molecule has 1 aromatic rings. The first-order valence-electron chi connectivity index (χ1n) is 7.41. The topological polar surface area (TPSA) is 71.9 Å². The minimum Gasteiger partial charge on any atom is -0.489 e. The average molecular weight is 308 g/mol. The molecule has 0 aliphatic carbocycles. The van der Waals surface area contributed by atoms with E-state index >= 15 is 0 Å². The van der Waals surface area contributed by atoms with Crippen molar-refractivity contribution in [3.05, 3.63) is 24.0 Å². The lowest BCUT2D eigenvalue weighted by Crippen LogP contribution is -2.61. The van der Waals surface area contributed by atoms with Gasteiger partial charge in [-0.25, -0.2) is 4.79 Å². The zero-order chi connectivity index (χ0) is 16.5. The van der Waals surface area contributed by atoms with E-state index in [1.54, 1.807) is 18.5 Å². The second kappa shape index (κ2) is 5.76. The zero-order valence-electron chi connectivity index (χ0n) is 13.8. The van der Waals surface area contributed by atoms with Gasteiger partial charge < -0.3 is 19.5 Å². The molecule has 22 heavy (non-hydrogen) atoms. The standard InChI is InChI=1S/C16H24N2O4/c1-11(2)21-13-6-12(7-17-8-13)16(20)9-18(10-16)14(19)22-15(3,4)5/h6-8,11,20H,9-10H2,1-5H3. The summed E-state index contributed by atoms with van der Waals surface area (Å²) in [7, 11) is 0. The van der Waals surface area contributed by atoms with E-state index < -0.39 is 17.3 Å². The molecule has 122 valence electrons. The highest BCUT2D eigenvalue weighted by molar-refractivity contribution is 5.70. The first-order valence-corrected chi connectivity index (χ1v) is 7.41. The molecule has 1 fully saturated rings.